The van der Waals surface area contributed by atoms with Crippen molar-refractivity contribution in [3.8, 4) is 0 Å². The first kappa shape index (κ1) is 16.9. The van der Waals surface area contributed by atoms with Gasteiger partial charge in [-0.05, 0) is 55.5 Å². The van der Waals surface area contributed by atoms with E-state index in [1.54, 1.807) is 6.20 Å². The lowest BCUT2D eigenvalue weighted by atomic mass is 10.0. The zero-order valence-electron chi connectivity index (χ0n) is 14.4. The van der Waals surface area contributed by atoms with Crippen LogP contribution in [-0.2, 0) is 0 Å². The van der Waals surface area contributed by atoms with Crippen LogP contribution in [0.3, 0.4) is 0 Å². The minimum Gasteiger partial charge on any atom is -0.387 e. The number of piperidine rings is 1. The quantitative estimate of drug-likeness (QED) is 0.883. The number of hydrogen-bond donors (Lipinski definition) is 2. The third-order valence-electron chi connectivity index (χ3n) is 4.82. The van der Waals surface area contributed by atoms with Crippen LogP contribution in [0.4, 0.5) is 5.82 Å². The van der Waals surface area contributed by atoms with Crippen LogP contribution in [0.25, 0.3) is 0 Å². The molecule has 0 unspecified atom stereocenters. The van der Waals surface area contributed by atoms with Gasteiger partial charge in [-0.3, -0.25) is 0 Å². The molecule has 3 rings (SSSR count). The van der Waals surface area contributed by atoms with Crippen molar-refractivity contribution in [2.45, 2.75) is 38.8 Å². The third-order valence-corrected chi connectivity index (χ3v) is 4.82. The highest BCUT2D eigenvalue weighted by Crippen LogP contribution is 2.19. The molecule has 0 bridgehead atoms. The Kier molecular flexibility index (Phi) is 5.43. The summed E-state index contributed by atoms with van der Waals surface area (Å²) in [5.74, 6) is 0.929. The molecule has 1 aliphatic heterocycles. The zero-order valence-corrected chi connectivity index (χ0v) is 14.4. The van der Waals surface area contributed by atoms with Crippen LogP contribution >= 0.6 is 0 Å². The molecule has 2 heterocycles. The average Bonchev–Trinajstić information content (AvgIpc) is 2.63. The molecule has 5 nitrogen and oxygen atoms in total. The largest absolute Gasteiger partial charge is 0.387 e. The van der Waals surface area contributed by atoms with E-state index in [0.717, 1.165) is 37.3 Å². The second kappa shape index (κ2) is 7.73. The molecule has 1 saturated heterocycles. The molecule has 5 heteroatoms. The van der Waals surface area contributed by atoms with E-state index in [9.17, 15) is 5.11 Å². The van der Waals surface area contributed by atoms with Gasteiger partial charge in [0, 0.05) is 31.9 Å². The highest BCUT2D eigenvalue weighted by molar-refractivity contribution is 5.37. The van der Waals surface area contributed by atoms with Crippen LogP contribution in [0.1, 0.15) is 35.6 Å². The maximum absolute atomic E-state index is 10.5. The van der Waals surface area contributed by atoms with Gasteiger partial charge in [-0.1, -0.05) is 18.2 Å². The molecule has 1 fully saturated rings. The molecule has 1 aromatic carbocycles. The fourth-order valence-electron chi connectivity index (χ4n) is 3.18. The standard InChI is InChI=1S/C19H26N4O/c1-14-7-8-16(11-15(14)2)18(24)12-20-17-5-4-10-23(13-17)19-6-3-9-21-22-19/h3,6-9,11,17-18,20,24H,4-5,10,12-13H2,1-2H3/t17-,18+/m1/s1. The topological polar surface area (TPSA) is 61.3 Å². The Hall–Kier alpha value is -1.98. The first-order valence-electron chi connectivity index (χ1n) is 8.65. The number of rotatable bonds is 5. The van der Waals surface area contributed by atoms with Gasteiger partial charge < -0.3 is 15.3 Å². The number of nitrogens with zero attached hydrogens (tertiary/aromatic N) is 3. The van der Waals surface area contributed by atoms with E-state index in [1.807, 2.05) is 18.2 Å². The molecule has 1 aromatic heterocycles. The van der Waals surface area contributed by atoms with Crippen molar-refractivity contribution >= 4 is 5.82 Å². The summed E-state index contributed by atoms with van der Waals surface area (Å²) in [6.07, 6.45) is 3.46. The van der Waals surface area contributed by atoms with Crippen LogP contribution in [-0.4, -0.2) is 41.0 Å². The molecule has 0 aliphatic carbocycles. The van der Waals surface area contributed by atoms with Crippen molar-refractivity contribution in [2.75, 3.05) is 24.5 Å². The van der Waals surface area contributed by atoms with Gasteiger partial charge in [-0.2, -0.15) is 5.10 Å². The van der Waals surface area contributed by atoms with E-state index in [2.05, 4.69) is 46.4 Å². The van der Waals surface area contributed by atoms with Crippen LogP contribution in [0, 0.1) is 13.8 Å². The molecule has 0 spiro atoms. The SMILES string of the molecule is Cc1ccc([C@@H](O)CN[C@@H]2CCCN(c3cccnn3)C2)cc1C. The van der Waals surface area contributed by atoms with E-state index < -0.39 is 6.10 Å². The maximum Gasteiger partial charge on any atom is 0.151 e. The number of aliphatic hydroxyl groups excluding tert-OH is 1. The normalized spacial score (nSPS) is 19.3. The number of hydrogen-bond acceptors (Lipinski definition) is 5. The summed E-state index contributed by atoms with van der Waals surface area (Å²) < 4.78 is 0. The minimum atomic E-state index is -0.476. The predicted molar refractivity (Wildman–Crippen MR) is 96.1 cm³/mol. The van der Waals surface area contributed by atoms with Crippen molar-refractivity contribution in [3.63, 3.8) is 0 Å². The summed E-state index contributed by atoms with van der Waals surface area (Å²) in [6.45, 7) is 6.65. The van der Waals surface area contributed by atoms with Crippen LogP contribution in [0.15, 0.2) is 36.5 Å². The number of anilines is 1. The smallest absolute Gasteiger partial charge is 0.151 e. The fraction of sp³-hybridized carbons (Fsp3) is 0.474. The molecule has 2 aromatic rings. The van der Waals surface area contributed by atoms with Gasteiger partial charge in [0.1, 0.15) is 0 Å². The van der Waals surface area contributed by atoms with Gasteiger partial charge in [0.15, 0.2) is 5.82 Å². The van der Waals surface area contributed by atoms with Crippen molar-refractivity contribution in [3.05, 3.63) is 53.2 Å². The summed E-state index contributed by atoms with van der Waals surface area (Å²) in [5.41, 5.74) is 3.45. The number of aromatic nitrogens is 2. The molecule has 24 heavy (non-hydrogen) atoms. The van der Waals surface area contributed by atoms with Crippen LogP contribution < -0.4 is 10.2 Å². The first-order valence-corrected chi connectivity index (χ1v) is 8.65. The number of benzene rings is 1. The summed E-state index contributed by atoms with van der Waals surface area (Å²) >= 11 is 0. The van der Waals surface area contributed by atoms with Gasteiger partial charge in [-0.15, -0.1) is 5.10 Å². The van der Waals surface area contributed by atoms with Crippen molar-refractivity contribution in [1.29, 1.82) is 0 Å². The molecular formula is C19H26N4O. The molecule has 2 atom stereocenters. The van der Waals surface area contributed by atoms with Crippen molar-refractivity contribution in [1.82, 2.24) is 15.5 Å². The van der Waals surface area contributed by atoms with Gasteiger partial charge in [0.05, 0.1) is 6.10 Å². The van der Waals surface area contributed by atoms with Gasteiger partial charge in [0.2, 0.25) is 0 Å². The Labute approximate surface area is 143 Å². The molecule has 0 amide bonds. The first-order chi connectivity index (χ1) is 11.6. The molecule has 0 radical (unpaired) electrons. The molecular weight excluding hydrogens is 300 g/mol. The monoisotopic (exact) mass is 326 g/mol. The van der Waals surface area contributed by atoms with E-state index in [-0.39, 0.29) is 0 Å². The van der Waals surface area contributed by atoms with Crippen molar-refractivity contribution in [2.24, 2.45) is 0 Å². The second-order valence-electron chi connectivity index (χ2n) is 6.63. The number of aliphatic hydroxyl groups is 1. The van der Waals surface area contributed by atoms with Crippen LogP contribution in [0.5, 0.6) is 0 Å². The Morgan fingerprint density at radius 2 is 2.17 bits per heavy atom. The van der Waals surface area contributed by atoms with Gasteiger partial charge in [0.25, 0.3) is 0 Å². The highest BCUT2D eigenvalue weighted by Gasteiger charge is 2.21. The van der Waals surface area contributed by atoms with Gasteiger partial charge >= 0.3 is 0 Å². The summed E-state index contributed by atoms with van der Waals surface area (Å²) in [7, 11) is 0. The Bertz CT molecular complexity index is 662. The molecule has 1 aliphatic rings. The maximum atomic E-state index is 10.5. The zero-order chi connectivity index (χ0) is 16.9. The fourth-order valence-corrected chi connectivity index (χ4v) is 3.18. The molecule has 0 saturated carbocycles. The minimum absolute atomic E-state index is 0.363. The van der Waals surface area contributed by atoms with Gasteiger partial charge in [-0.25, -0.2) is 0 Å². The van der Waals surface area contributed by atoms with E-state index in [4.69, 9.17) is 0 Å². The number of aryl methyl sites for hydroxylation is 2. The summed E-state index contributed by atoms with van der Waals surface area (Å²) in [4.78, 5) is 2.26. The van der Waals surface area contributed by atoms with E-state index in [1.165, 1.54) is 11.1 Å². The molecule has 2 N–H and O–H groups in total. The summed E-state index contributed by atoms with van der Waals surface area (Å²) in [6, 6.07) is 10.4. The Morgan fingerprint density at radius 3 is 2.92 bits per heavy atom. The lowest BCUT2D eigenvalue weighted by Gasteiger charge is -2.34. The Morgan fingerprint density at radius 1 is 1.29 bits per heavy atom. The lowest BCUT2D eigenvalue weighted by Crippen LogP contribution is -2.47. The van der Waals surface area contributed by atoms with Crippen LogP contribution in [0.2, 0.25) is 0 Å². The average molecular weight is 326 g/mol. The van der Waals surface area contributed by atoms with Crippen molar-refractivity contribution < 1.29 is 5.11 Å². The third kappa shape index (κ3) is 4.10. The lowest BCUT2D eigenvalue weighted by molar-refractivity contribution is 0.168. The summed E-state index contributed by atoms with van der Waals surface area (Å²) in [5, 5.41) is 22.1. The van der Waals surface area contributed by atoms with E-state index >= 15 is 0 Å². The van der Waals surface area contributed by atoms with E-state index in [0.29, 0.717) is 12.6 Å². The number of nitrogens with one attached hydrogen (secondary N) is 1. The second-order valence-corrected chi connectivity index (χ2v) is 6.63. The Balaban J connectivity index is 1.55. The molecule has 128 valence electrons. The predicted octanol–water partition coefficient (Wildman–Crippen LogP) is 2.39. The highest BCUT2D eigenvalue weighted by atomic mass is 16.3.